The van der Waals surface area contributed by atoms with Gasteiger partial charge in [0.05, 0.1) is 4.92 Å². The molecule has 2 rings (SSSR count). The monoisotopic (exact) mass is 379 g/mol. The van der Waals surface area contributed by atoms with E-state index in [2.05, 4.69) is 15.9 Å². The Hall–Kier alpha value is -2.54. The summed E-state index contributed by atoms with van der Waals surface area (Å²) in [4.78, 5) is 21.7. The molecule has 0 saturated heterocycles. The Morgan fingerprint density at radius 1 is 1.30 bits per heavy atom. The summed E-state index contributed by atoms with van der Waals surface area (Å²) in [7, 11) is 0. The summed E-state index contributed by atoms with van der Waals surface area (Å²) < 4.78 is 19.1. The highest BCUT2D eigenvalue weighted by Gasteiger charge is 2.06. The maximum Gasteiger partial charge on any atom is 0.331 e. The van der Waals surface area contributed by atoms with E-state index in [1.807, 2.05) is 0 Å². The summed E-state index contributed by atoms with van der Waals surface area (Å²) >= 11 is 3.14. The van der Waals surface area contributed by atoms with Gasteiger partial charge >= 0.3 is 5.97 Å². The van der Waals surface area contributed by atoms with E-state index in [4.69, 9.17) is 4.74 Å². The van der Waals surface area contributed by atoms with Crippen LogP contribution in [0.3, 0.4) is 0 Å². The molecule has 23 heavy (non-hydrogen) atoms. The molecule has 5 nitrogen and oxygen atoms in total. The largest absolute Gasteiger partial charge is 0.458 e. The topological polar surface area (TPSA) is 69.4 Å². The lowest BCUT2D eigenvalue weighted by atomic mass is 10.2. The molecule has 0 amide bonds. The summed E-state index contributed by atoms with van der Waals surface area (Å²) in [6, 6.07) is 10.2. The number of hydrogen-bond donors (Lipinski definition) is 0. The van der Waals surface area contributed by atoms with E-state index in [1.54, 1.807) is 12.1 Å². The van der Waals surface area contributed by atoms with Crippen LogP contribution in [0.25, 0.3) is 6.08 Å². The van der Waals surface area contributed by atoms with Gasteiger partial charge in [-0.2, -0.15) is 0 Å². The molecule has 2 aromatic rings. The minimum Gasteiger partial charge on any atom is -0.458 e. The minimum absolute atomic E-state index is 0.0718. The van der Waals surface area contributed by atoms with E-state index >= 15 is 0 Å². The number of ether oxygens (including phenoxy) is 1. The number of carbonyl (C=O) groups is 1. The number of non-ortho nitro benzene ring substituents is 1. The second kappa shape index (κ2) is 7.64. The zero-order chi connectivity index (χ0) is 16.8. The van der Waals surface area contributed by atoms with Crippen LogP contribution < -0.4 is 0 Å². The molecule has 0 radical (unpaired) electrons. The lowest BCUT2D eigenvalue weighted by Gasteiger charge is -2.04. The van der Waals surface area contributed by atoms with Gasteiger partial charge in [-0.15, -0.1) is 0 Å². The normalized spacial score (nSPS) is 10.7. The third-order valence-electron chi connectivity index (χ3n) is 2.88. The second-order valence-electron chi connectivity index (χ2n) is 4.53. The number of benzene rings is 2. The lowest BCUT2D eigenvalue weighted by Crippen LogP contribution is -2.02. The first kappa shape index (κ1) is 16.8. The summed E-state index contributed by atoms with van der Waals surface area (Å²) in [5.74, 6) is -1.14. The molecule has 0 spiro atoms. The van der Waals surface area contributed by atoms with Crippen molar-refractivity contribution in [3.63, 3.8) is 0 Å². The predicted molar refractivity (Wildman–Crippen MR) is 86.0 cm³/mol. The molecule has 0 bridgehead atoms. The van der Waals surface area contributed by atoms with Gasteiger partial charge in [0.2, 0.25) is 0 Å². The van der Waals surface area contributed by atoms with Crippen molar-refractivity contribution in [3.8, 4) is 0 Å². The van der Waals surface area contributed by atoms with Crippen LogP contribution >= 0.6 is 15.9 Å². The summed E-state index contributed by atoms with van der Waals surface area (Å²) in [6.45, 7) is -0.197. The average Bonchev–Trinajstić information content (AvgIpc) is 2.52. The van der Waals surface area contributed by atoms with Crippen LogP contribution in [0.1, 0.15) is 11.1 Å². The van der Waals surface area contributed by atoms with Crippen molar-refractivity contribution < 1.29 is 18.8 Å². The van der Waals surface area contributed by atoms with Crippen molar-refractivity contribution in [2.75, 3.05) is 0 Å². The van der Waals surface area contributed by atoms with Gasteiger partial charge in [-0.1, -0.05) is 34.1 Å². The van der Waals surface area contributed by atoms with Gasteiger partial charge in [0.25, 0.3) is 5.69 Å². The lowest BCUT2D eigenvalue weighted by molar-refractivity contribution is -0.384. The molecule has 0 aromatic heterocycles. The molecule has 0 aliphatic rings. The van der Waals surface area contributed by atoms with Crippen LogP contribution in [-0.2, 0) is 16.1 Å². The predicted octanol–water partition coefficient (Wildman–Crippen LogP) is 4.25. The van der Waals surface area contributed by atoms with Gasteiger partial charge in [0.1, 0.15) is 12.4 Å². The maximum absolute atomic E-state index is 13.6. The van der Waals surface area contributed by atoms with E-state index < -0.39 is 16.7 Å². The Balaban J connectivity index is 1.96. The standard InChI is InChI=1S/C16H11BrFNO4/c17-13-6-5-12(15(18)9-13)10-23-16(20)7-4-11-2-1-3-14(8-11)19(21)22/h1-9H,10H2/b7-4+. The maximum atomic E-state index is 13.6. The highest BCUT2D eigenvalue weighted by molar-refractivity contribution is 9.10. The van der Waals surface area contributed by atoms with E-state index in [1.165, 1.54) is 36.4 Å². The van der Waals surface area contributed by atoms with Crippen molar-refractivity contribution in [2.45, 2.75) is 6.61 Å². The molecule has 0 fully saturated rings. The first-order valence-electron chi connectivity index (χ1n) is 6.49. The van der Waals surface area contributed by atoms with E-state index in [9.17, 15) is 19.3 Å². The van der Waals surface area contributed by atoms with Gasteiger partial charge in [-0.05, 0) is 23.8 Å². The van der Waals surface area contributed by atoms with Crippen LogP contribution in [0.5, 0.6) is 0 Å². The molecule has 0 saturated carbocycles. The van der Waals surface area contributed by atoms with Crippen LogP contribution in [0.15, 0.2) is 53.0 Å². The summed E-state index contributed by atoms with van der Waals surface area (Å²) in [6.07, 6.45) is 2.53. The van der Waals surface area contributed by atoms with Gasteiger partial charge in [0, 0.05) is 28.2 Å². The number of halogens is 2. The third-order valence-corrected chi connectivity index (χ3v) is 3.37. The fourth-order valence-electron chi connectivity index (χ4n) is 1.74. The number of rotatable bonds is 5. The number of nitro groups is 1. The molecule has 2 aromatic carbocycles. The third kappa shape index (κ3) is 5.00. The van der Waals surface area contributed by atoms with E-state index in [0.717, 1.165) is 6.08 Å². The molecular weight excluding hydrogens is 369 g/mol. The van der Waals surface area contributed by atoms with Crippen LogP contribution in [0, 0.1) is 15.9 Å². The second-order valence-corrected chi connectivity index (χ2v) is 5.44. The number of hydrogen-bond acceptors (Lipinski definition) is 4. The molecular formula is C16H11BrFNO4. The Kier molecular flexibility index (Phi) is 5.59. The molecule has 7 heteroatoms. The van der Waals surface area contributed by atoms with Crippen molar-refractivity contribution in [1.82, 2.24) is 0 Å². The number of carbonyl (C=O) groups excluding carboxylic acids is 1. The Labute approximate surface area is 139 Å². The zero-order valence-corrected chi connectivity index (χ0v) is 13.3. The SMILES string of the molecule is O=C(/C=C/c1cccc([N+](=O)[O-])c1)OCc1ccc(Br)cc1F. The zero-order valence-electron chi connectivity index (χ0n) is 11.7. The average molecular weight is 380 g/mol. The molecule has 0 N–H and O–H groups in total. The summed E-state index contributed by atoms with van der Waals surface area (Å²) in [5, 5.41) is 10.7. The van der Waals surface area contributed by atoms with Crippen LogP contribution in [-0.4, -0.2) is 10.9 Å². The van der Waals surface area contributed by atoms with E-state index in [0.29, 0.717) is 10.0 Å². The Morgan fingerprint density at radius 3 is 2.78 bits per heavy atom. The number of esters is 1. The molecule has 0 heterocycles. The molecule has 118 valence electrons. The van der Waals surface area contributed by atoms with Crippen molar-refractivity contribution in [2.24, 2.45) is 0 Å². The highest BCUT2D eigenvalue weighted by atomic mass is 79.9. The molecule has 0 atom stereocenters. The first-order valence-corrected chi connectivity index (χ1v) is 7.28. The smallest absolute Gasteiger partial charge is 0.331 e. The Morgan fingerprint density at radius 2 is 2.09 bits per heavy atom. The minimum atomic E-state index is -0.668. The molecule has 0 unspecified atom stereocenters. The number of nitrogens with zero attached hydrogens (tertiary/aromatic N) is 1. The first-order chi connectivity index (χ1) is 11.0. The highest BCUT2D eigenvalue weighted by Crippen LogP contribution is 2.16. The van der Waals surface area contributed by atoms with Crippen molar-refractivity contribution in [3.05, 3.63) is 80.1 Å². The van der Waals surface area contributed by atoms with Gasteiger partial charge in [-0.3, -0.25) is 10.1 Å². The number of nitro benzene ring substituents is 1. The van der Waals surface area contributed by atoms with Gasteiger partial charge < -0.3 is 4.74 Å². The quantitative estimate of drug-likeness (QED) is 0.337. The van der Waals surface area contributed by atoms with Crippen LogP contribution in [0.4, 0.5) is 10.1 Å². The Bertz CT molecular complexity index is 776. The van der Waals surface area contributed by atoms with Crippen molar-refractivity contribution in [1.29, 1.82) is 0 Å². The van der Waals surface area contributed by atoms with Gasteiger partial charge in [0.15, 0.2) is 0 Å². The fraction of sp³-hybridized carbons (Fsp3) is 0.0625. The fourth-order valence-corrected chi connectivity index (χ4v) is 2.08. The van der Waals surface area contributed by atoms with Gasteiger partial charge in [-0.25, -0.2) is 9.18 Å². The summed E-state index contributed by atoms with van der Waals surface area (Å²) in [5.41, 5.74) is 0.675. The molecule has 0 aliphatic carbocycles. The van der Waals surface area contributed by atoms with E-state index in [-0.39, 0.29) is 17.9 Å². The molecule has 0 aliphatic heterocycles. The van der Waals surface area contributed by atoms with Crippen molar-refractivity contribution >= 4 is 33.7 Å². The van der Waals surface area contributed by atoms with Crippen LogP contribution in [0.2, 0.25) is 0 Å².